The Morgan fingerprint density at radius 2 is 1.80 bits per heavy atom. The smallest absolute Gasteiger partial charge is 0.258 e. The molecule has 2 aromatic rings. The highest BCUT2D eigenvalue weighted by Gasteiger charge is 2.23. The number of hydrogen-bond donors (Lipinski definition) is 2. The van der Waals surface area contributed by atoms with Crippen LogP contribution < -0.4 is 11.1 Å². The Balaban J connectivity index is 1.77. The van der Waals surface area contributed by atoms with Crippen LogP contribution >= 0.6 is 11.3 Å². The Labute approximate surface area is 120 Å². The Hall–Kier alpha value is -2.14. The zero-order valence-electron chi connectivity index (χ0n) is 10.8. The first-order valence-corrected chi connectivity index (χ1v) is 7.26. The molecule has 20 heavy (non-hydrogen) atoms. The second-order valence-corrected chi connectivity index (χ2v) is 5.94. The van der Waals surface area contributed by atoms with Crippen LogP contribution in [0.2, 0.25) is 0 Å². The second-order valence-electron chi connectivity index (χ2n) is 4.85. The zero-order valence-corrected chi connectivity index (χ0v) is 11.6. The highest BCUT2D eigenvalue weighted by molar-refractivity contribution is 7.17. The van der Waals surface area contributed by atoms with Crippen molar-refractivity contribution in [2.45, 2.75) is 18.9 Å². The summed E-state index contributed by atoms with van der Waals surface area (Å²) in [4.78, 5) is 24.4. The van der Waals surface area contributed by atoms with E-state index in [9.17, 15) is 9.59 Å². The summed E-state index contributed by atoms with van der Waals surface area (Å²) >= 11 is 1.35. The first kappa shape index (κ1) is 12.9. The maximum atomic E-state index is 11.9. The monoisotopic (exact) mass is 286 g/mol. The van der Waals surface area contributed by atoms with E-state index in [1.54, 1.807) is 18.2 Å². The summed E-state index contributed by atoms with van der Waals surface area (Å²) in [6, 6.07) is 11.3. The lowest BCUT2D eigenvalue weighted by molar-refractivity contribution is 0.0950. The Bertz CT molecular complexity index is 657. The molecular weight excluding hydrogens is 272 g/mol. The van der Waals surface area contributed by atoms with E-state index in [0.29, 0.717) is 16.5 Å². The molecule has 1 aliphatic carbocycles. The molecule has 4 nitrogen and oxygen atoms in total. The number of nitrogens with two attached hydrogens (primary N) is 1. The molecule has 0 aliphatic heterocycles. The van der Waals surface area contributed by atoms with E-state index in [0.717, 1.165) is 23.3 Å². The molecule has 1 heterocycles. The number of primary amides is 1. The van der Waals surface area contributed by atoms with Crippen LogP contribution in [-0.4, -0.2) is 17.9 Å². The van der Waals surface area contributed by atoms with E-state index in [1.807, 2.05) is 18.2 Å². The molecule has 1 aromatic carbocycles. The van der Waals surface area contributed by atoms with Crippen molar-refractivity contribution >= 4 is 23.2 Å². The topological polar surface area (TPSA) is 72.2 Å². The average molecular weight is 286 g/mol. The van der Waals surface area contributed by atoms with Crippen LogP contribution in [-0.2, 0) is 0 Å². The molecule has 0 atom stereocenters. The van der Waals surface area contributed by atoms with Gasteiger partial charge in [-0.1, -0.05) is 12.1 Å². The molecule has 0 unspecified atom stereocenters. The van der Waals surface area contributed by atoms with Gasteiger partial charge in [-0.25, -0.2) is 0 Å². The maximum Gasteiger partial charge on any atom is 0.258 e. The van der Waals surface area contributed by atoms with Gasteiger partial charge < -0.3 is 11.1 Å². The van der Waals surface area contributed by atoms with Crippen LogP contribution in [0, 0.1) is 0 Å². The number of rotatable bonds is 4. The third kappa shape index (κ3) is 2.72. The van der Waals surface area contributed by atoms with Crippen molar-refractivity contribution in [3.63, 3.8) is 0 Å². The Kier molecular flexibility index (Phi) is 3.28. The van der Waals surface area contributed by atoms with Gasteiger partial charge >= 0.3 is 0 Å². The molecular formula is C15H14N2O2S. The predicted octanol–water partition coefficient (Wildman–Crippen LogP) is 2.41. The maximum absolute atomic E-state index is 11.9. The van der Waals surface area contributed by atoms with Crippen LogP contribution in [0.3, 0.4) is 0 Å². The molecule has 1 saturated carbocycles. The van der Waals surface area contributed by atoms with E-state index in [2.05, 4.69) is 5.32 Å². The minimum absolute atomic E-state index is 0.0249. The number of carbonyl (C=O) groups excluding carboxylic acids is 2. The fourth-order valence-corrected chi connectivity index (χ4v) is 2.77. The minimum atomic E-state index is -0.415. The quantitative estimate of drug-likeness (QED) is 0.906. The lowest BCUT2D eigenvalue weighted by Crippen LogP contribution is -2.25. The molecule has 2 amide bonds. The molecule has 0 radical (unpaired) electrons. The molecule has 3 N–H and O–H groups in total. The third-order valence-corrected chi connectivity index (χ3v) is 4.34. The predicted molar refractivity (Wildman–Crippen MR) is 78.8 cm³/mol. The first-order chi connectivity index (χ1) is 9.63. The van der Waals surface area contributed by atoms with Gasteiger partial charge in [-0.05, 0) is 42.7 Å². The average Bonchev–Trinajstić information content (AvgIpc) is 3.11. The summed E-state index contributed by atoms with van der Waals surface area (Å²) in [7, 11) is 0. The van der Waals surface area contributed by atoms with Gasteiger partial charge in [0, 0.05) is 16.5 Å². The van der Waals surface area contributed by atoms with Gasteiger partial charge in [0.25, 0.3) is 11.8 Å². The standard InChI is InChI=1S/C15H14N2O2S/c16-14(18)13-8-7-12(20-13)9-1-3-10(4-2-9)15(19)17-11-5-6-11/h1-4,7-8,11H,5-6H2,(H2,16,18)(H,17,19). The highest BCUT2D eigenvalue weighted by Crippen LogP contribution is 2.28. The lowest BCUT2D eigenvalue weighted by Gasteiger charge is -2.04. The van der Waals surface area contributed by atoms with Crippen molar-refractivity contribution in [3.8, 4) is 10.4 Å². The SMILES string of the molecule is NC(=O)c1ccc(-c2ccc(C(=O)NC3CC3)cc2)s1. The minimum Gasteiger partial charge on any atom is -0.365 e. The van der Waals surface area contributed by atoms with Crippen molar-refractivity contribution < 1.29 is 9.59 Å². The molecule has 5 heteroatoms. The molecule has 102 valence electrons. The molecule has 1 aromatic heterocycles. The molecule has 0 bridgehead atoms. The van der Waals surface area contributed by atoms with Gasteiger partial charge in [0.05, 0.1) is 4.88 Å². The summed E-state index contributed by atoms with van der Waals surface area (Å²) in [6.45, 7) is 0. The third-order valence-electron chi connectivity index (χ3n) is 3.19. The molecule has 3 rings (SSSR count). The molecule has 1 aliphatic rings. The summed E-state index contributed by atoms with van der Waals surface area (Å²) in [5, 5.41) is 2.95. The Morgan fingerprint density at radius 3 is 2.35 bits per heavy atom. The number of thiophene rings is 1. The van der Waals surface area contributed by atoms with E-state index >= 15 is 0 Å². The van der Waals surface area contributed by atoms with Crippen LogP contribution in [0.15, 0.2) is 36.4 Å². The fourth-order valence-electron chi connectivity index (χ4n) is 1.91. The van der Waals surface area contributed by atoms with Gasteiger partial charge in [-0.15, -0.1) is 11.3 Å². The highest BCUT2D eigenvalue weighted by atomic mass is 32.1. The van der Waals surface area contributed by atoms with E-state index in [-0.39, 0.29) is 5.91 Å². The number of nitrogens with one attached hydrogen (secondary N) is 1. The normalized spacial score (nSPS) is 14.0. The number of amides is 2. The fraction of sp³-hybridized carbons (Fsp3) is 0.200. The van der Waals surface area contributed by atoms with Crippen LogP contribution in [0.25, 0.3) is 10.4 Å². The van der Waals surface area contributed by atoms with Crippen molar-refractivity contribution in [3.05, 3.63) is 46.8 Å². The molecule has 1 fully saturated rings. The van der Waals surface area contributed by atoms with E-state index < -0.39 is 5.91 Å². The first-order valence-electron chi connectivity index (χ1n) is 6.44. The number of benzene rings is 1. The molecule has 0 spiro atoms. The summed E-state index contributed by atoms with van der Waals surface area (Å²) < 4.78 is 0. The van der Waals surface area contributed by atoms with Crippen LogP contribution in [0.4, 0.5) is 0 Å². The lowest BCUT2D eigenvalue weighted by atomic mass is 10.1. The van der Waals surface area contributed by atoms with Gasteiger partial charge in [-0.3, -0.25) is 9.59 Å². The van der Waals surface area contributed by atoms with Crippen molar-refractivity contribution in [2.24, 2.45) is 5.73 Å². The van der Waals surface area contributed by atoms with Gasteiger partial charge in [0.15, 0.2) is 0 Å². The van der Waals surface area contributed by atoms with Crippen molar-refractivity contribution in [1.82, 2.24) is 5.32 Å². The van der Waals surface area contributed by atoms with Crippen molar-refractivity contribution in [2.75, 3.05) is 0 Å². The summed E-state index contributed by atoms with van der Waals surface area (Å²) in [5.41, 5.74) is 6.88. The number of carbonyl (C=O) groups is 2. The van der Waals surface area contributed by atoms with Crippen LogP contribution in [0.5, 0.6) is 0 Å². The van der Waals surface area contributed by atoms with Crippen molar-refractivity contribution in [1.29, 1.82) is 0 Å². The van der Waals surface area contributed by atoms with Gasteiger partial charge in [-0.2, -0.15) is 0 Å². The van der Waals surface area contributed by atoms with E-state index in [1.165, 1.54) is 11.3 Å². The summed E-state index contributed by atoms with van der Waals surface area (Å²) in [6.07, 6.45) is 2.16. The molecule has 0 saturated heterocycles. The number of hydrogen-bond acceptors (Lipinski definition) is 3. The largest absolute Gasteiger partial charge is 0.365 e. The van der Waals surface area contributed by atoms with E-state index in [4.69, 9.17) is 5.73 Å². The van der Waals surface area contributed by atoms with Gasteiger partial charge in [0.1, 0.15) is 0 Å². The van der Waals surface area contributed by atoms with Gasteiger partial charge in [0.2, 0.25) is 0 Å². The van der Waals surface area contributed by atoms with Crippen LogP contribution in [0.1, 0.15) is 32.9 Å². The zero-order chi connectivity index (χ0) is 14.1. The summed E-state index contributed by atoms with van der Waals surface area (Å²) in [5.74, 6) is -0.440. The second kappa shape index (κ2) is 5.09. The Morgan fingerprint density at radius 1 is 1.10 bits per heavy atom.